The van der Waals surface area contributed by atoms with E-state index in [1.54, 1.807) is 0 Å². The van der Waals surface area contributed by atoms with Gasteiger partial charge in [-0.2, -0.15) is 0 Å². The lowest BCUT2D eigenvalue weighted by Crippen LogP contribution is -2.41. The van der Waals surface area contributed by atoms with Gasteiger partial charge < -0.3 is 10.2 Å². The molecule has 4 nitrogen and oxygen atoms in total. The van der Waals surface area contributed by atoms with Gasteiger partial charge in [0.1, 0.15) is 5.82 Å². The number of rotatable bonds is 4. The zero-order valence-corrected chi connectivity index (χ0v) is 18.3. The summed E-state index contributed by atoms with van der Waals surface area (Å²) in [4.78, 5) is 12.3. The molecule has 146 valence electrons. The number of hydrogen-bond donors (Lipinski definition) is 1. The summed E-state index contributed by atoms with van der Waals surface area (Å²) in [6, 6.07) is 15.1. The third-order valence-corrected chi connectivity index (χ3v) is 6.47. The lowest BCUT2D eigenvalue weighted by Gasteiger charge is -2.35. The predicted molar refractivity (Wildman–Crippen MR) is 121 cm³/mol. The maximum atomic E-state index is 5.04. The molecule has 0 bridgehead atoms. The third-order valence-electron chi connectivity index (χ3n) is 5.94. The SMILES string of the molecule is Cc1ccc2nc(-c3ccc(Br)cc3)nc(N(C)C(C)C3CCNCC3)c2c1. The molecule has 1 fully saturated rings. The molecule has 1 atom stereocenters. The Hall–Kier alpha value is -1.98. The zero-order chi connectivity index (χ0) is 19.7. The highest BCUT2D eigenvalue weighted by molar-refractivity contribution is 9.10. The second kappa shape index (κ2) is 8.18. The minimum absolute atomic E-state index is 0.429. The Bertz CT molecular complexity index is 964. The van der Waals surface area contributed by atoms with E-state index in [0.29, 0.717) is 12.0 Å². The smallest absolute Gasteiger partial charge is 0.162 e. The van der Waals surface area contributed by atoms with E-state index in [9.17, 15) is 0 Å². The van der Waals surface area contributed by atoms with Crippen LogP contribution in [0.4, 0.5) is 5.82 Å². The van der Waals surface area contributed by atoms with Crippen LogP contribution in [0.5, 0.6) is 0 Å². The molecule has 1 aromatic heterocycles. The highest BCUT2D eigenvalue weighted by Gasteiger charge is 2.25. The van der Waals surface area contributed by atoms with Gasteiger partial charge in [0.2, 0.25) is 0 Å². The third kappa shape index (κ3) is 3.91. The number of nitrogens with one attached hydrogen (secondary N) is 1. The van der Waals surface area contributed by atoms with Gasteiger partial charge in [0.25, 0.3) is 0 Å². The first-order valence-electron chi connectivity index (χ1n) is 10.0. The molecule has 0 radical (unpaired) electrons. The minimum Gasteiger partial charge on any atom is -0.356 e. The first kappa shape index (κ1) is 19.3. The molecule has 0 spiro atoms. The fourth-order valence-electron chi connectivity index (χ4n) is 4.06. The zero-order valence-electron chi connectivity index (χ0n) is 16.7. The van der Waals surface area contributed by atoms with Crippen LogP contribution >= 0.6 is 15.9 Å². The van der Waals surface area contributed by atoms with Crippen molar-refractivity contribution in [2.75, 3.05) is 25.0 Å². The number of halogens is 1. The van der Waals surface area contributed by atoms with Gasteiger partial charge in [0, 0.05) is 28.5 Å². The summed E-state index contributed by atoms with van der Waals surface area (Å²) in [5.41, 5.74) is 3.27. The molecule has 3 aromatic rings. The number of aromatic nitrogens is 2. The number of anilines is 1. The van der Waals surface area contributed by atoms with Crippen LogP contribution in [-0.4, -0.2) is 36.1 Å². The summed E-state index contributed by atoms with van der Waals surface area (Å²) in [5.74, 6) is 2.48. The molecule has 5 heteroatoms. The standard InChI is InChI=1S/C23H27BrN4/c1-15-4-9-21-20(14-15)23(28(3)16(2)17-10-12-25-13-11-17)27-22(26-21)18-5-7-19(24)8-6-18/h4-9,14,16-17,25H,10-13H2,1-3H3. The number of piperidine rings is 1. The first-order valence-corrected chi connectivity index (χ1v) is 10.8. The summed E-state index contributed by atoms with van der Waals surface area (Å²) in [6.45, 7) is 6.67. The summed E-state index contributed by atoms with van der Waals surface area (Å²) < 4.78 is 1.06. The number of benzene rings is 2. The van der Waals surface area contributed by atoms with Crippen molar-refractivity contribution in [3.05, 3.63) is 52.5 Å². The van der Waals surface area contributed by atoms with Crippen molar-refractivity contribution in [2.24, 2.45) is 5.92 Å². The summed E-state index contributed by atoms with van der Waals surface area (Å²) in [7, 11) is 2.18. The van der Waals surface area contributed by atoms with E-state index in [1.807, 2.05) is 12.1 Å². The Morgan fingerprint density at radius 2 is 1.79 bits per heavy atom. The van der Waals surface area contributed by atoms with Crippen molar-refractivity contribution >= 4 is 32.7 Å². The second-order valence-electron chi connectivity index (χ2n) is 7.84. The van der Waals surface area contributed by atoms with Gasteiger partial charge in [-0.25, -0.2) is 9.97 Å². The lowest BCUT2D eigenvalue weighted by atomic mass is 9.90. The second-order valence-corrected chi connectivity index (χ2v) is 8.75. The predicted octanol–water partition coefficient (Wildman–Crippen LogP) is 5.19. The molecule has 2 heterocycles. The monoisotopic (exact) mass is 438 g/mol. The van der Waals surface area contributed by atoms with Crippen molar-refractivity contribution in [1.29, 1.82) is 0 Å². The highest BCUT2D eigenvalue weighted by atomic mass is 79.9. The molecule has 2 aromatic carbocycles. The lowest BCUT2D eigenvalue weighted by molar-refractivity contribution is 0.323. The largest absolute Gasteiger partial charge is 0.356 e. The van der Waals surface area contributed by atoms with Crippen molar-refractivity contribution in [3.63, 3.8) is 0 Å². The fourth-order valence-corrected chi connectivity index (χ4v) is 4.32. The van der Waals surface area contributed by atoms with E-state index in [2.05, 4.69) is 77.4 Å². The number of fused-ring (bicyclic) bond motifs is 1. The maximum Gasteiger partial charge on any atom is 0.162 e. The van der Waals surface area contributed by atoms with E-state index in [0.717, 1.165) is 45.7 Å². The molecule has 1 N–H and O–H groups in total. The van der Waals surface area contributed by atoms with Crippen molar-refractivity contribution in [2.45, 2.75) is 32.7 Å². The molecule has 1 aliphatic heterocycles. The van der Waals surface area contributed by atoms with Gasteiger partial charge in [0.15, 0.2) is 5.82 Å². The number of aryl methyl sites for hydroxylation is 1. The Balaban J connectivity index is 1.80. The molecule has 1 aliphatic rings. The molecule has 0 aliphatic carbocycles. The average molecular weight is 439 g/mol. The van der Waals surface area contributed by atoms with Crippen molar-refractivity contribution in [3.8, 4) is 11.4 Å². The van der Waals surface area contributed by atoms with Crippen LogP contribution in [0.25, 0.3) is 22.3 Å². The molecule has 0 amide bonds. The Kier molecular flexibility index (Phi) is 5.65. The molecular weight excluding hydrogens is 412 g/mol. The van der Waals surface area contributed by atoms with E-state index < -0.39 is 0 Å². The Labute approximate surface area is 175 Å². The van der Waals surface area contributed by atoms with Crippen LogP contribution in [-0.2, 0) is 0 Å². The van der Waals surface area contributed by atoms with Crippen molar-refractivity contribution in [1.82, 2.24) is 15.3 Å². The molecule has 1 saturated heterocycles. The van der Waals surface area contributed by atoms with Gasteiger partial charge in [-0.05, 0) is 70.0 Å². The van der Waals surface area contributed by atoms with Crippen LogP contribution in [0.15, 0.2) is 46.9 Å². The van der Waals surface area contributed by atoms with Gasteiger partial charge in [-0.1, -0.05) is 39.7 Å². The average Bonchev–Trinajstić information content (AvgIpc) is 2.73. The summed E-state index contributed by atoms with van der Waals surface area (Å²) in [6.07, 6.45) is 2.43. The molecular formula is C23H27BrN4. The Morgan fingerprint density at radius 1 is 1.07 bits per heavy atom. The van der Waals surface area contributed by atoms with E-state index in [4.69, 9.17) is 9.97 Å². The van der Waals surface area contributed by atoms with Crippen LogP contribution in [0.3, 0.4) is 0 Å². The first-order chi connectivity index (χ1) is 13.5. The van der Waals surface area contributed by atoms with E-state index >= 15 is 0 Å². The van der Waals surface area contributed by atoms with Crippen LogP contribution < -0.4 is 10.2 Å². The van der Waals surface area contributed by atoms with Crippen LogP contribution in [0, 0.1) is 12.8 Å². The Morgan fingerprint density at radius 3 is 2.50 bits per heavy atom. The normalized spacial score (nSPS) is 16.3. The van der Waals surface area contributed by atoms with Crippen molar-refractivity contribution < 1.29 is 0 Å². The van der Waals surface area contributed by atoms with Crippen LogP contribution in [0.2, 0.25) is 0 Å². The molecule has 0 saturated carbocycles. The molecule has 28 heavy (non-hydrogen) atoms. The topological polar surface area (TPSA) is 41.1 Å². The fraction of sp³-hybridized carbons (Fsp3) is 0.391. The quantitative estimate of drug-likeness (QED) is 0.608. The van der Waals surface area contributed by atoms with Gasteiger partial charge in [-0.3, -0.25) is 0 Å². The molecule has 4 rings (SSSR count). The maximum absolute atomic E-state index is 5.04. The van der Waals surface area contributed by atoms with Gasteiger partial charge >= 0.3 is 0 Å². The summed E-state index contributed by atoms with van der Waals surface area (Å²) >= 11 is 3.51. The van der Waals surface area contributed by atoms with Gasteiger partial charge in [0.05, 0.1) is 5.52 Å². The van der Waals surface area contributed by atoms with E-state index in [-0.39, 0.29) is 0 Å². The van der Waals surface area contributed by atoms with Crippen LogP contribution in [0.1, 0.15) is 25.3 Å². The summed E-state index contributed by atoms with van der Waals surface area (Å²) in [5, 5.41) is 4.60. The number of nitrogens with zero attached hydrogens (tertiary/aromatic N) is 3. The number of hydrogen-bond acceptors (Lipinski definition) is 4. The van der Waals surface area contributed by atoms with E-state index in [1.165, 1.54) is 18.4 Å². The van der Waals surface area contributed by atoms with Gasteiger partial charge in [-0.15, -0.1) is 0 Å². The minimum atomic E-state index is 0.429. The highest BCUT2D eigenvalue weighted by Crippen LogP contribution is 2.31. The molecule has 1 unspecified atom stereocenters.